The molecular weight excluding hydrogens is 219 g/mol. The van der Waals surface area contributed by atoms with Crippen LogP contribution in [0.5, 0.6) is 0 Å². The van der Waals surface area contributed by atoms with Crippen LogP contribution in [-0.4, -0.2) is 18.0 Å². The van der Waals surface area contributed by atoms with E-state index in [1.165, 1.54) is 12.1 Å². The van der Waals surface area contributed by atoms with Crippen molar-refractivity contribution < 1.29 is 9.18 Å². The third-order valence-electron chi connectivity index (χ3n) is 2.92. The highest BCUT2D eigenvalue weighted by Crippen LogP contribution is 2.40. The van der Waals surface area contributed by atoms with Crippen molar-refractivity contribution in [3.05, 3.63) is 35.6 Å². The van der Waals surface area contributed by atoms with Crippen molar-refractivity contribution in [1.82, 2.24) is 5.32 Å². The summed E-state index contributed by atoms with van der Waals surface area (Å²) in [5.41, 5.74) is 6.50. The average Bonchev–Trinajstić information content (AvgIpc) is 2.95. The maximum Gasteiger partial charge on any atom is 0.221 e. The molecule has 1 fully saturated rings. The standard InChI is InChI=1S/C13H17FN2O/c1-8(15)5-13(17)16-12-7-11(12)9-3-2-4-10(14)6-9/h2-4,6,8,11-12H,5,7,15H2,1H3,(H,16,17). The average molecular weight is 236 g/mol. The molecule has 1 aromatic rings. The molecule has 4 heteroatoms. The summed E-state index contributed by atoms with van der Waals surface area (Å²) < 4.78 is 13.0. The molecule has 0 spiro atoms. The van der Waals surface area contributed by atoms with Gasteiger partial charge in [0.15, 0.2) is 0 Å². The molecule has 1 saturated carbocycles. The number of nitrogens with two attached hydrogens (primary N) is 1. The van der Waals surface area contributed by atoms with E-state index in [2.05, 4.69) is 5.32 Å². The number of carbonyl (C=O) groups is 1. The number of nitrogens with one attached hydrogen (secondary N) is 1. The van der Waals surface area contributed by atoms with Gasteiger partial charge in [0.2, 0.25) is 5.91 Å². The lowest BCUT2D eigenvalue weighted by molar-refractivity contribution is -0.121. The molecule has 3 unspecified atom stereocenters. The van der Waals surface area contributed by atoms with Gasteiger partial charge in [-0.2, -0.15) is 0 Å². The van der Waals surface area contributed by atoms with Gasteiger partial charge >= 0.3 is 0 Å². The predicted molar refractivity (Wildman–Crippen MR) is 64.0 cm³/mol. The van der Waals surface area contributed by atoms with Crippen LogP contribution in [0.3, 0.4) is 0 Å². The Labute approximate surface area is 100 Å². The maximum atomic E-state index is 13.0. The molecule has 3 nitrogen and oxygen atoms in total. The molecule has 1 aliphatic rings. The van der Waals surface area contributed by atoms with Gasteiger partial charge in [0.25, 0.3) is 0 Å². The molecule has 0 aromatic heterocycles. The highest BCUT2D eigenvalue weighted by molar-refractivity contribution is 5.77. The monoisotopic (exact) mass is 236 g/mol. The van der Waals surface area contributed by atoms with Crippen molar-refractivity contribution in [1.29, 1.82) is 0 Å². The van der Waals surface area contributed by atoms with Gasteiger partial charge in [-0.05, 0) is 31.0 Å². The van der Waals surface area contributed by atoms with E-state index in [-0.39, 0.29) is 29.7 Å². The summed E-state index contributed by atoms with van der Waals surface area (Å²) in [6.07, 6.45) is 1.22. The van der Waals surface area contributed by atoms with E-state index >= 15 is 0 Å². The second-order valence-corrected chi connectivity index (χ2v) is 4.75. The van der Waals surface area contributed by atoms with Crippen LogP contribution in [0.15, 0.2) is 24.3 Å². The van der Waals surface area contributed by atoms with Gasteiger partial charge in [0.05, 0.1) is 0 Å². The number of amides is 1. The number of hydrogen-bond donors (Lipinski definition) is 2. The zero-order chi connectivity index (χ0) is 12.4. The quantitative estimate of drug-likeness (QED) is 0.833. The summed E-state index contributed by atoms with van der Waals surface area (Å²) in [6.45, 7) is 1.80. The van der Waals surface area contributed by atoms with Crippen molar-refractivity contribution in [2.45, 2.75) is 37.8 Å². The Morgan fingerprint density at radius 2 is 2.41 bits per heavy atom. The van der Waals surface area contributed by atoms with Gasteiger partial charge in [0, 0.05) is 24.4 Å². The fourth-order valence-corrected chi connectivity index (χ4v) is 2.02. The first-order valence-corrected chi connectivity index (χ1v) is 5.86. The van der Waals surface area contributed by atoms with Gasteiger partial charge in [-0.15, -0.1) is 0 Å². The third kappa shape index (κ3) is 3.27. The molecule has 1 aromatic carbocycles. The Morgan fingerprint density at radius 3 is 3.06 bits per heavy atom. The smallest absolute Gasteiger partial charge is 0.221 e. The molecule has 17 heavy (non-hydrogen) atoms. The van der Waals surface area contributed by atoms with Crippen LogP contribution in [0.2, 0.25) is 0 Å². The Bertz CT molecular complexity index is 420. The third-order valence-corrected chi connectivity index (χ3v) is 2.92. The number of halogens is 1. The van der Waals surface area contributed by atoms with Gasteiger partial charge in [-0.25, -0.2) is 4.39 Å². The van der Waals surface area contributed by atoms with E-state index in [1.54, 1.807) is 13.0 Å². The molecule has 0 saturated heterocycles. The highest BCUT2D eigenvalue weighted by atomic mass is 19.1. The Kier molecular flexibility index (Phi) is 3.43. The largest absolute Gasteiger partial charge is 0.353 e. The summed E-state index contributed by atoms with van der Waals surface area (Å²) in [7, 11) is 0. The van der Waals surface area contributed by atoms with Gasteiger partial charge in [0.1, 0.15) is 5.82 Å². The number of hydrogen-bond acceptors (Lipinski definition) is 2. The Hall–Kier alpha value is -1.42. The maximum absolute atomic E-state index is 13.0. The van der Waals surface area contributed by atoms with E-state index < -0.39 is 0 Å². The molecule has 0 bridgehead atoms. The second-order valence-electron chi connectivity index (χ2n) is 4.75. The SMILES string of the molecule is CC(N)CC(=O)NC1CC1c1cccc(F)c1. The van der Waals surface area contributed by atoms with Gasteiger partial charge in [-0.3, -0.25) is 4.79 Å². The molecular formula is C13H17FN2O. The van der Waals surface area contributed by atoms with Crippen LogP contribution in [-0.2, 0) is 4.79 Å². The van der Waals surface area contributed by atoms with E-state index in [1.807, 2.05) is 6.07 Å². The normalized spacial score (nSPS) is 24.2. The molecule has 0 aliphatic heterocycles. The summed E-state index contributed by atoms with van der Waals surface area (Å²) in [5.74, 6) is 0.00157. The topological polar surface area (TPSA) is 55.1 Å². The van der Waals surface area contributed by atoms with Crippen LogP contribution in [0, 0.1) is 5.82 Å². The lowest BCUT2D eigenvalue weighted by Crippen LogP contribution is -2.31. The number of carbonyl (C=O) groups excluding carboxylic acids is 1. The Morgan fingerprint density at radius 1 is 1.65 bits per heavy atom. The summed E-state index contributed by atoms with van der Waals surface area (Å²) in [5, 5.41) is 2.91. The number of rotatable bonds is 4. The zero-order valence-electron chi connectivity index (χ0n) is 9.82. The lowest BCUT2D eigenvalue weighted by Gasteiger charge is -2.07. The van der Waals surface area contributed by atoms with Gasteiger partial charge in [-0.1, -0.05) is 12.1 Å². The fourth-order valence-electron chi connectivity index (χ4n) is 2.02. The first-order valence-electron chi connectivity index (χ1n) is 5.86. The highest BCUT2D eigenvalue weighted by Gasteiger charge is 2.39. The predicted octanol–water partition coefficient (Wildman–Crippen LogP) is 1.54. The van der Waals surface area contributed by atoms with E-state index in [0.29, 0.717) is 6.42 Å². The summed E-state index contributed by atoms with van der Waals surface area (Å²) in [6, 6.07) is 6.57. The van der Waals surface area contributed by atoms with Crippen LogP contribution < -0.4 is 11.1 Å². The van der Waals surface area contributed by atoms with Crippen molar-refractivity contribution in [3.8, 4) is 0 Å². The number of benzene rings is 1. The van der Waals surface area contributed by atoms with Crippen molar-refractivity contribution in [3.63, 3.8) is 0 Å². The molecule has 0 radical (unpaired) electrons. The van der Waals surface area contributed by atoms with E-state index in [4.69, 9.17) is 5.73 Å². The fraction of sp³-hybridized carbons (Fsp3) is 0.462. The minimum Gasteiger partial charge on any atom is -0.353 e. The van der Waals surface area contributed by atoms with Crippen LogP contribution in [0.4, 0.5) is 4.39 Å². The molecule has 3 atom stereocenters. The Balaban J connectivity index is 1.87. The van der Waals surface area contributed by atoms with E-state index in [0.717, 1.165) is 12.0 Å². The van der Waals surface area contributed by atoms with Crippen molar-refractivity contribution in [2.24, 2.45) is 5.73 Å². The molecule has 0 heterocycles. The first-order chi connectivity index (χ1) is 8.06. The lowest BCUT2D eigenvalue weighted by atomic mass is 10.1. The second kappa shape index (κ2) is 4.84. The molecule has 92 valence electrons. The molecule has 3 N–H and O–H groups in total. The van der Waals surface area contributed by atoms with Crippen LogP contribution >= 0.6 is 0 Å². The molecule has 2 rings (SSSR count). The minimum atomic E-state index is -0.227. The minimum absolute atomic E-state index is 0.0242. The van der Waals surface area contributed by atoms with Crippen LogP contribution in [0.1, 0.15) is 31.2 Å². The zero-order valence-corrected chi connectivity index (χ0v) is 9.82. The van der Waals surface area contributed by atoms with E-state index in [9.17, 15) is 9.18 Å². The molecule has 1 amide bonds. The summed E-state index contributed by atoms with van der Waals surface area (Å²) in [4.78, 5) is 11.5. The van der Waals surface area contributed by atoms with Crippen LogP contribution in [0.25, 0.3) is 0 Å². The molecule has 1 aliphatic carbocycles. The van der Waals surface area contributed by atoms with Crippen molar-refractivity contribution in [2.75, 3.05) is 0 Å². The summed E-state index contributed by atoms with van der Waals surface area (Å²) >= 11 is 0. The first kappa shape index (κ1) is 12.0. The van der Waals surface area contributed by atoms with Crippen molar-refractivity contribution >= 4 is 5.91 Å². The van der Waals surface area contributed by atoms with Gasteiger partial charge < -0.3 is 11.1 Å².